The van der Waals surface area contributed by atoms with Gasteiger partial charge in [-0.05, 0) is 55.9 Å². The topological polar surface area (TPSA) is 308 Å². The number of fused-ring (bicyclic) bond motifs is 1. The number of nitrogens with one attached hydrogen (secondary N) is 9. The van der Waals surface area contributed by atoms with E-state index in [0.29, 0.717) is 43.0 Å². The Morgan fingerprint density at radius 1 is 0.778 bits per heavy atom. The molecule has 2 saturated heterocycles. The fourth-order valence-corrected chi connectivity index (χ4v) is 8.92. The van der Waals surface area contributed by atoms with Crippen molar-refractivity contribution in [2.75, 3.05) is 25.4 Å². The summed E-state index contributed by atoms with van der Waals surface area (Å²) >= 11 is 1.84. The van der Waals surface area contributed by atoms with E-state index in [4.69, 9.17) is 10.9 Å². The third kappa shape index (κ3) is 18.8. The number of nitrogens with two attached hydrogens (primary N) is 1. The summed E-state index contributed by atoms with van der Waals surface area (Å²) < 4.78 is 0. The Hall–Kier alpha value is -5.44. The van der Waals surface area contributed by atoms with Crippen LogP contribution in [0, 0.1) is 17.8 Å². The zero-order chi connectivity index (χ0) is 46.5. The maximum Gasteiger partial charge on any atom is 0.315 e. The number of amides is 10. The van der Waals surface area contributed by atoms with Gasteiger partial charge in [-0.25, -0.2) is 10.3 Å². The average molecular weight is 903 g/mol. The average Bonchev–Trinajstić information content (AvgIpc) is 3.80. The van der Waals surface area contributed by atoms with Crippen molar-refractivity contribution in [2.24, 2.45) is 23.5 Å². The molecule has 0 aromatic heterocycles. The van der Waals surface area contributed by atoms with Crippen LogP contribution in [0.15, 0.2) is 30.3 Å². The number of unbranched alkanes of at least 4 members (excludes halogenated alkanes) is 2. The Morgan fingerprint density at radius 2 is 1.49 bits per heavy atom. The van der Waals surface area contributed by atoms with Gasteiger partial charge >= 0.3 is 6.03 Å². The molecule has 2 aliphatic rings. The fourth-order valence-electron chi connectivity index (χ4n) is 7.37. The van der Waals surface area contributed by atoms with E-state index in [-0.39, 0.29) is 49.2 Å². The van der Waals surface area contributed by atoms with Gasteiger partial charge in [-0.3, -0.25) is 43.6 Å². The first kappa shape index (κ1) is 51.9. The Bertz CT molecular complexity index is 1740. The first-order valence-corrected chi connectivity index (χ1v) is 22.7. The van der Waals surface area contributed by atoms with Crippen LogP contribution < -0.4 is 53.7 Å². The molecule has 0 saturated carbocycles. The van der Waals surface area contributed by atoms with Crippen molar-refractivity contribution in [2.45, 2.75) is 127 Å². The minimum atomic E-state index is -1.18. The molecule has 1 aromatic carbocycles. The lowest BCUT2D eigenvalue weighted by Crippen LogP contribution is -2.57. The van der Waals surface area contributed by atoms with E-state index >= 15 is 0 Å². The summed E-state index contributed by atoms with van der Waals surface area (Å²) in [6, 6.07) is 5.71. The van der Waals surface area contributed by atoms with Crippen LogP contribution in [-0.4, -0.2) is 119 Å². The first-order chi connectivity index (χ1) is 30.0. The summed E-state index contributed by atoms with van der Waals surface area (Å²) in [4.78, 5) is 114. The number of hydrogen-bond acceptors (Lipinski definition) is 11. The van der Waals surface area contributed by atoms with E-state index < -0.39 is 84.4 Å². The lowest BCUT2D eigenvalue weighted by atomic mass is 9.92. The van der Waals surface area contributed by atoms with Crippen molar-refractivity contribution in [1.82, 2.24) is 48.0 Å². The van der Waals surface area contributed by atoms with Crippen LogP contribution in [-0.2, 0) is 44.8 Å². The molecular weight excluding hydrogens is 837 g/mol. The van der Waals surface area contributed by atoms with Gasteiger partial charge in [0.2, 0.25) is 47.3 Å². The van der Waals surface area contributed by atoms with E-state index in [1.807, 2.05) is 25.6 Å². The smallest absolute Gasteiger partial charge is 0.315 e. The normalized spacial score (nSPS) is 18.4. The van der Waals surface area contributed by atoms with Crippen LogP contribution in [0.2, 0.25) is 0 Å². The molecule has 10 amide bonds. The first-order valence-electron chi connectivity index (χ1n) is 21.6. The molecule has 2 heterocycles. The Morgan fingerprint density at radius 3 is 2.16 bits per heavy atom. The Balaban J connectivity index is 1.41. The maximum absolute atomic E-state index is 13.6. The molecular formula is C42H66N10O10S. The zero-order valence-corrected chi connectivity index (χ0v) is 37.4. The number of carbonyl (C=O) groups is 9. The summed E-state index contributed by atoms with van der Waals surface area (Å²) in [5.41, 5.74) is 7.73. The highest BCUT2D eigenvalue weighted by molar-refractivity contribution is 8.00. The maximum atomic E-state index is 13.6. The Kier molecular flexibility index (Phi) is 22.2. The van der Waals surface area contributed by atoms with E-state index in [1.165, 1.54) is 5.48 Å². The molecule has 20 nitrogen and oxygen atoms in total. The van der Waals surface area contributed by atoms with Crippen LogP contribution in [0.4, 0.5) is 4.79 Å². The van der Waals surface area contributed by atoms with Gasteiger partial charge in [0.05, 0.1) is 25.2 Å². The van der Waals surface area contributed by atoms with E-state index in [1.54, 1.807) is 44.2 Å². The molecule has 12 N–H and O–H groups in total. The van der Waals surface area contributed by atoms with Gasteiger partial charge in [0.25, 0.3) is 0 Å². The molecule has 3 rings (SSSR count). The molecule has 63 heavy (non-hydrogen) atoms. The van der Waals surface area contributed by atoms with E-state index in [2.05, 4.69) is 42.5 Å². The summed E-state index contributed by atoms with van der Waals surface area (Å²) in [5.74, 6) is -5.29. The predicted molar refractivity (Wildman–Crippen MR) is 234 cm³/mol. The number of benzene rings is 1. The molecule has 21 heteroatoms. The van der Waals surface area contributed by atoms with Crippen molar-refractivity contribution in [3.05, 3.63) is 35.9 Å². The summed E-state index contributed by atoms with van der Waals surface area (Å²) in [6.45, 7) is 6.46. The van der Waals surface area contributed by atoms with Crippen molar-refractivity contribution in [1.29, 1.82) is 0 Å². The van der Waals surface area contributed by atoms with Crippen LogP contribution in [0.1, 0.15) is 91.0 Å². The van der Waals surface area contributed by atoms with Gasteiger partial charge in [0.1, 0.15) is 18.1 Å². The molecule has 0 spiro atoms. The third-order valence-electron chi connectivity index (χ3n) is 10.7. The molecule has 0 aliphatic carbocycles. The quantitative estimate of drug-likeness (QED) is 0.0223. The zero-order valence-electron chi connectivity index (χ0n) is 36.6. The second-order valence-corrected chi connectivity index (χ2v) is 18.0. The highest BCUT2D eigenvalue weighted by Crippen LogP contribution is 2.33. The number of rotatable bonds is 28. The van der Waals surface area contributed by atoms with Crippen LogP contribution in [0.5, 0.6) is 0 Å². The van der Waals surface area contributed by atoms with E-state index in [9.17, 15) is 43.2 Å². The second kappa shape index (κ2) is 26.9. The Labute approximate surface area is 372 Å². The number of carbonyl (C=O) groups excluding carboxylic acids is 9. The van der Waals surface area contributed by atoms with Gasteiger partial charge < -0.3 is 48.3 Å². The van der Waals surface area contributed by atoms with E-state index in [0.717, 1.165) is 25.0 Å². The number of hydroxylamine groups is 1. The molecule has 0 radical (unpaired) electrons. The number of urea groups is 1. The standard InChI is InChI=1S/C42H66N10O10S/c1-24(2)18-27(20-33(54)52-62)39(58)50-36(25(3)4)41(60)48-29(19-26-12-6-5-7-13-26)40(59)46-21-34(55)45-22-35(56)47-28(38(43)57)14-10-11-17-44-32(53)16-9-8-15-31-37-30(23-63-31)49-42(61)51-37/h5-7,12-13,24-25,27-31,36-37,62H,8-11,14-23H2,1-4H3,(H2,43,57)(H,44,53)(H,45,55)(H,46,59)(H,47,56)(H,48,60)(H,50,58)(H,52,54)(H2,49,51,61)/t27?,28-,29-,30-,31-,36-,37-/m0/s1. The van der Waals surface area contributed by atoms with Gasteiger partial charge in [-0.1, -0.05) is 64.4 Å². The van der Waals surface area contributed by atoms with Gasteiger partial charge in [0.15, 0.2) is 0 Å². The number of primary amides is 1. The van der Waals surface area contributed by atoms with Crippen molar-refractivity contribution in [3.8, 4) is 0 Å². The molecule has 7 atom stereocenters. The highest BCUT2D eigenvalue weighted by atomic mass is 32.2. The molecule has 1 unspecified atom stereocenters. The number of hydrogen-bond donors (Lipinski definition) is 11. The largest absolute Gasteiger partial charge is 0.368 e. The minimum Gasteiger partial charge on any atom is -0.368 e. The molecule has 1 aromatic rings. The number of thioether (sulfide) groups is 1. The van der Waals surface area contributed by atoms with Gasteiger partial charge in [-0.2, -0.15) is 11.8 Å². The summed E-state index contributed by atoms with van der Waals surface area (Å²) in [5, 5.41) is 30.8. The lowest BCUT2D eigenvalue weighted by Gasteiger charge is -2.27. The molecule has 2 aliphatic heterocycles. The minimum absolute atomic E-state index is 0.0277. The van der Waals surface area contributed by atoms with Crippen LogP contribution in [0.3, 0.4) is 0 Å². The second-order valence-electron chi connectivity index (χ2n) is 16.8. The summed E-state index contributed by atoms with van der Waals surface area (Å²) in [6.07, 6.45) is 4.18. The molecule has 350 valence electrons. The fraction of sp³-hybridized carbons (Fsp3) is 0.643. The van der Waals surface area contributed by atoms with Crippen LogP contribution >= 0.6 is 11.8 Å². The third-order valence-corrected chi connectivity index (χ3v) is 12.2. The predicted octanol–water partition coefficient (Wildman–Crippen LogP) is -0.373. The van der Waals surface area contributed by atoms with Crippen molar-refractivity contribution in [3.63, 3.8) is 0 Å². The summed E-state index contributed by atoms with van der Waals surface area (Å²) in [7, 11) is 0. The van der Waals surface area contributed by atoms with Crippen molar-refractivity contribution >= 4 is 65.1 Å². The van der Waals surface area contributed by atoms with Crippen LogP contribution in [0.25, 0.3) is 0 Å². The SMILES string of the molecule is CC(C)CC(CC(=O)NO)C(=O)N[C@H](C(=O)N[C@@H](Cc1ccccc1)C(=O)NCC(=O)NCC(=O)N[C@@H](CCCCNC(=O)CCCC[C@@H]1SC[C@@H]2NC(=O)N[C@@H]21)C(N)=O)C(C)C. The van der Waals surface area contributed by atoms with Crippen molar-refractivity contribution < 1.29 is 48.4 Å². The highest BCUT2D eigenvalue weighted by Gasteiger charge is 2.42. The van der Waals surface area contributed by atoms with Gasteiger partial charge in [-0.15, -0.1) is 0 Å². The monoisotopic (exact) mass is 902 g/mol. The molecule has 0 bridgehead atoms. The molecule has 2 fully saturated rings. The van der Waals surface area contributed by atoms with Gasteiger partial charge in [0, 0.05) is 42.7 Å². The lowest BCUT2D eigenvalue weighted by molar-refractivity contribution is -0.137.